The Morgan fingerprint density at radius 3 is 1.75 bits per heavy atom. The third-order valence-electron chi connectivity index (χ3n) is 3.81. The van der Waals surface area contributed by atoms with Crippen LogP contribution in [-0.4, -0.2) is 0 Å². The summed E-state index contributed by atoms with van der Waals surface area (Å²) in [6.45, 7) is 9.16. The van der Waals surface area contributed by atoms with Gasteiger partial charge in [-0.25, -0.2) is 0 Å². The summed E-state index contributed by atoms with van der Waals surface area (Å²) in [5.74, 6) is 1.81. The van der Waals surface area contributed by atoms with Crippen LogP contribution >= 0.6 is 0 Å². The van der Waals surface area contributed by atoms with Gasteiger partial charge in [0.25, 0.3) is 0 Å². The zero-order valence-corrected chi connectivity index (χ0v) is 13.1. The second kappa shape index (κ2) is 6.74. The van der Waals surface area contributed by atoms with Crippen molar-refractivity contribution in [1.29, 1.82) is 0 Å². The lowest BCUT2D eigenvalue weighted by Crippen LogP contribution is -2.08. The van der Waals surface area contributed by atoms with Crippen molar-refractivity contribution in [3.05, 3.63) is 71.3 Å². The summed E-state index contributed by atoms with van der Waals surface area (Å²) >= 11 is 0. The molecule has 106 valence electrons. The van der Waals surface area contributed by atoms with Gasteiger partial charge in [0.2, 0.25) is 0 Å². The van der Waals surface area contributed by atoms with Gasteiger partial charge in [0.15, 0.2) is 0 Å². The highest BCUT2D eigenvalue weighted by molar-refractivity contribution is 5.34. The molecule has 1 atom stereocenters. The SMILES string of the molecule is CC(C)Cc1ccc(C(c2ccccc2)C(C)C)cc1. The van der Waals surface area contributed by atoms with Gasteiger partial charge in [-0.1, -0.05) is 82.3 Å². The smallest absolute Gasteiger partial charge is 0.0112 e. The van der Waals surface area contributed by atoms with E-state index >= 15 is 0 Å². The summed E-state index contributed by atoms with van der Waals surface area (Å²) < 4.78 is 0. The average molecular weight is 266 g/mol. The molecule has 0 N–H and O–H groups in total. The molecule has 0 nitrogen and oxygen atoms in total. The lowest BCUT2D eigenvalue weighted by atomic mass is 9.82. The molecule has 0 radical (unpaired) electrons. The molecule has 2 aromatic carbocycles. The van der Waals surface area contributed by atoms with E-state index in [9.17, 15) is 0 Å². The van der Waals surface area contributed by atoms with Crippen LogP contribution in [0.25, 0.3) is 0 Å². The molecule has 0 spiro atoms. The Labute approximate surface area is 123 Å². The number of rotatable bonds is 5. The van der Waals surface area contributed by atoms with Crippen LogP contribution < -0.4 is 0 Å². The Morgan fingerprint density at radius 1 is 0.700 bits per heavy atom. The lowest BCUT2D eigenvalue weighted by Gasteiger charge is -2.22. The summed E-state index contributed by atoms with van der Waals surface area (Å²) in [5, 5.41) is 0. The molecule has 2 aromatic rings. The van der Waals surface area contributed by atoms with Gasteiger partial charge in [-0.05, 0) is 34.9 Å². The number of benzene rings is 2. The third kappa shape index (κ3) is 3.72. The van der Waals surface area contributed by atoms with Gasteiger partial charge in [-0.2, -0.15) is 0 Å². The van der Waals surface area contributed by atoms with Gasteiger partial charge in [0.1, 0.15) is 0 Å². The molecule has 0 aliphatic carbocycles. The summed E-state index contributed by atoms with van der Waals surface area (Å²) in [7, 11) is 0. The Morgan fingerprint density at radius 2 is 1.25 bits per heavy atom. The van der Waals surface area contributed by atoms with Crippen LogP contribution in [0.3, 0.4) is 0 Å². The molecule has 0 amide bonds. The highest BCUT2D eigenvalue weighted by atomic mass is 14.2. The molecule has 20 heavy (non-hydrogen) atoms. The van der Waals surface area contributed by atoms with Crippen molar-refractivity contribution in [2.45, 2.75) is 40.0 Å². The fraction of sp³-hybridized carbons (Fsp3) is 0.400. The van der Waals surface area contributed by atoms with Crippen LogP contribution in [0.4, 0.5) is 0 Å². The lowest BCUT2D eigenvalue weighted by molar-refractivity contribution is 0.563. The summed E-state index contributed by atoms with van der Waals surface area (Å²) in [4.78, 5) is 0. The van der Waals surface area contributed by atoms with Crippen LogP contribution in [0.1, 0.15) is 50.3 Å². The Kier molecular flexibility index (Phi) is 5.00. The zero-order valence-electron chi connectivity index (χ0n) is 13.1. The molecule has 0 bridgehead atoms. The van der Waals surface area contributed by atoms with Crippen LogP contribution in [-0.2, 0) is 6.42 Å². The summed E-state index contributed by atoms with van der Waals surface area (Å²) in [6, 6.07) is 20.1. The molecule has 0 heteroatoms. The van der Waals surface area contributed by atoms with Gasteiger partial charge >= 0.3 is 0 Å². The van der Waals surface area contributed by atoms with E-state index in [1.807, 2.05) is 0 Å². The zero-order chi connectivity index (χ0) is 14.5. The van der Waals surface area contributed by atoms with Gasteiger partial charge in [-0.15, -0.1) is 0 Å². The Bertz CT molecular complexity index is 505. The van der Waals surface area contributed by atoms with E-state index in [1.165, 1.54) is 16.7 Å². The number of hydrogen-bond acceptors (Lipinski definition) is 0. The van der Waals surface area contributed by atoms with Crippen LogP contribution in [0.2, 0.25) is 0 Å². The van der Waals surface area contributed by atoms with Crippen molar-refractivity contribution in [3.63, 3.8) is 0 Å². The standard InChI is InChI=1S/C20H26/c1-15(2)14-17-10-12-19(13-11-17)20(16(3)4)18-8-6-5-7-9-18/h5-13,15-16,20H,14H2,1-4H3. The minimum Gasteiger partial charge on any atom is -0.0625 e. The largest absolute Gasteiger partial charge is 0.0625 e. The molecule has 0 aromatic heterocycles. The molecule has 1 unspecified atom stereocenters. The predicted octanol–water partition coefficient (Wildman–Crippen LogP) is 5.67. The van der Waals surface area contributed by atoms with Crippen LogP contribution in [0, 0.1) is 11.8 Å². The topological polar surface area (TPSA) is 0 Å². The average Bonchev–Trinajstić information content (AvgIpc) is 2.41. The first-order valence-electron chi connectivity index (χ1n) is 7.71. The summed E-state index contributed by atoms with van der Waals surface area (Å²) in [5.41, 5.74) is 4.29. The first kappa shape index (κ1) is 14.8. The second-order valence-electron chi connectivity index (χ2n) is 6.47. The van der Waals surface area contributed by atoms with E-state index in [4.69, 9.17) is 0 Å². The van der Waals surface area contributed by atoms with Gasteiger partial charge in [0.05, 0.1) is 0 Å². The Hall–Kier alpha value is -1.56. The molecule has 0 saturated carbocycles. The maximum Gasteiger partial charge on any atom is 0.0112 e. The van der Waals surface area contributed by atoms with E-state index in [0.717, 1.165) is 12.3 Å². The van der Waals surface area contributed by atoms with Gasteiger partial charge < -0.3 is 0 Å². The van der Waals surface area contributed by atoms with Crippen molar-refractivity contribution in [3.8, 4) is 0 Å². The molecular formula is C20H26. The molecule has 0 saturated heterocycles. The first-order chi connectivity index (χ1) is 9.58. The maximum atomic E-state index is 2.31. The normalized spacial score (nSPS) is 12.9. The van der Waals surface area contributed by atoms with Gasteiger partial charge in [0, 0.05) is 5.92 Å². The van der Waals surface area contributed by atoms with Crippen molar-refractivity contribution in [1.82, 2.24) is 0 Å². The summed E-state index contributed by atoms with van der Waals surface area (Å²) in [6.07, 6.45) is 1.16. The fourth-order valence-electron chi connectivity index (χ4n) is 2.96. The molecule has 0 aliphatic rings. The van der Waals surface area contributed by atoms with Crippen molar-refractivity contribution in [2.24, 2.45) is 11.8 Å². The minimum absolute atomic E-state index is 0.490. The van der Waals surface area contributed by atoms with E-state index in [2.05, 4.69) is 82.3 Å². The van der Waals surface area contributed by atoms with E-state index in [1.54, 1.807) is 0 Å². The highest BCUT2D eigenvalue weighted by Gasteiger charge is 2.17. The molecule has 0 fully saturated rings. The van der Waals surface area contributed by atoms with Crippen molar-refractivity contribution < 1.29 is 0 Å². The van der Waals surface area contributed by atoms with E-state index < -0.39 is 0 Å². The van der Waals surface area contributed by atoms with E-state index in [0.29, 0.717) is 11.8 Å². The van der Waals surface area contributed by atoms with E-state index in [-0.39, 0.29) is 0 Å². The monoisotopic (exact) mass is 266 g/mol. The predicted molar refractivity (Wildman–Crippen MR) is 88.1 cm³/mol. The minimum atomic E-state index is 0.490. The molecular weight excluding hydrogens is 240 g/mol. The Balaban J connectivity index is 2.27. The van der Waals surface area contributed by atoms with Gasteiger partial charge in [-0.3, -0.25) is 0 Å². The highest BCUT2D eigenvalue weighted by Crippen LogP contribution is 2.31. The fourth-order valence-corrected chi connectivity index (χ4v) is 2.96. The molecule has 0 aliphatic heterocycles. The number of hydrogen-bond donors (Lipinski definition) is 0. The third-order valence-corrected chi connectivity index (χ3v) is 3.81. The van der Waals surface area contributed by atoms with Crippen LogP contribution in [0.5, 0.6) is 0 Å². The quantitative estimate of drug-likeness (QED) is 0.653. The van der Waals surface area contributed by atoms with Crippen molar-refractivity contribution >= 4 is 0 Å². The first-order valence-corrected chi connectivity index (χ1v) is 7.71. The van der Waals surface area contributed by atoms with Crippen LogP contribution in [0.15, 0.2) is 54.6 Å². The maximum absolute atomic E-state index is 2.31. The molecule has 0 heterocycles. The second-order valence-corrected chi connectivity index (χ2v) is 6.47. The molecule has 2 rings (SSSR count). The van der Waals surface area contributed by atoms with Crippen molar-refractivity contribution in [2.75, 3.05) is 0 Å².